The minimum absolute atomic E-state index is 0.00250. The van der Waals surface area contributed by atoms with Gasteiger partial charge in [-0.05, 0) is 56.2 Å². The minimum Gasteiger partial charge on any atom is -0.310 e. The summed E-state index contributed by atoms with van der Waals surface area (Å²) in [5.41, 5.74) is 4.23. The molecule has 1 fully saturated rings. The highest BCUT2D eigenvalue weighted by molar-refractivity contribution is 7.91. The fourth-order valence-electron chi connectivity index (χ4n) is 4.82. The van der Waals surface area contributed by atoms with Crippen LogP contribution in [0.15, 0.2) is 35.5 Å². The maximum atomic E-state index is 14.4. The SMILES string of the molecule is Cc1cc(-n2nc3c(c2N2CCN(c4ccc(S(C)(=N)=O)nc4)C2=O)[C@H](C)NCC3)cc(C)c1F. The summed E-state index contributed by atoms with van der Waals surface area (Å²) in [6.45, 7) is 7.17. The second-order valence-corrected chi connectivity index (χ2v) is 11.3. The molecule has 2 atom stereocenters. The first-order chi connectivity index (χ1) is 16.6. The average molecular weight is 498 g/mol. The van der Waals surface area contributed by atoms with Gasteiger partial charge in [0.25, 0.3) is 0 Å². The second-order valence-electron chi connectivity index (χ2n) is 9.20. The summed E-state index contributed by atoms with van der Waals surface area (Å²) in [4.78, 5) is 21.1. The molecule has 0 saturated carbocycles. The summed E-state index contributed by atoms with van der Waals surface area (Å²) in [7, 11) is -2.94. The zero-order valence-corrected chi connectivity index (χ0v) is 20.9. The van der Waals surface area contributed by atoms with Crippen LogP contribution >= 0.6 is 0 Å². The highest BCUT2D eigenvalue weighted by atomic mass is 32.2. The highest BCUT2D eigenvalue weighted by Crippen LogP contribution is 2.37. The maximum Gasteiger partial charge on any atom is 0.330 e. The Morgan fingerprint density at radius 2 is 1.83 bits per heavy atom. The molecular formula is C24H28FN7O2S. The number of hydrogen-bond donors (Lipinski definition) is 2. The Balaban J connectivity index is 1.58. The molecule has 1 unspecified atom stereocenters. The van der Waals surface area contributed by atoms with Crippen molar-refractivity contribution in [3.8, 4) is 5.69 Å². The molecule has 2 amide bonds. The molecule has 35 heavy (non-hydrogen) atoms. The molecule has 2 aliphatic rings. The molecule has 0 radical (unpaired) electrons. The van der Waals surface area contributed by atoms with Crippen molar-refractivity contribution in [2.75, 3.05) is 35.7 Å². The van der Waals surface area contributed by atoms with Gasteiger partial charge in [0.1, 0.15) is 16.7 Å². The number of aryl methyl sites for hydroxylation is 2. The van der Waals surface area contributed by atoms with Crippen molar-refractivity contribution in [2.45, 2.75) is 38.3 Å². The number of halogens is 1. The van der Waals surface area contributed by atoms with Gasteiger partial charge in [0.05, 0.1) is 33.0 Å². The van der Waals surface area contributed by atoms with Gasteiger partial charge < -0.3 is 5.32 Å². The molecule has 4 heterocycles. The van der Waals surface area contributed by atoms with Crippen LogP contribution < -0.4 is 15.1 Å². The highest BCUT2D eigenvalue weighted by Gasteiger charge is 2.38. The van der Waals surface area contributed by atoms with Crippen LogP contribution in [0.1, 0.15) is 35.3 Å². The van der Waals surface area contributed by atoms with E-state index in [9.17, 15) is 13.4 Å². The van der Waals surface area contributed by atoms with E-state index in [4.69, 9.17) is 9.88 Å². The lowest BCUT2D eigenvalue weighted by atomic mass is 10.0. The van der Waals surface area contributed by atoms with Crippen molar-refractivity contribution in [3.05, 3.63) is 58.7 Å². The molecule has 0 aliphatic carbocycles. The zero-order valence-electron chi connectivity index (χ0n) is 20.1. The number of carbonyl (C=O) groups is 1. The van der Waals surface area contributed by atoms with E-state index in [1.807, 2.05) is 0 Å². The number of nitrogens with one attached hydrogen (secondary N) is 2. The third-order valence-electron chi connectivity index (χ3n) is 6.58. The van der Waals surface area contributed by atoms with E-state index < -0.39 is 9.73 Å². The van der Waals surface area contributed by atoms with Crippen LogP contribution in [0.4, 0.5) is 20.7 Å². The van der Waals surface area contributed by atoms with Crippen molar-refractivity contribution in [2.24, 2.45) is 0 Å². The average Bonchev–Trinajstić information content (AvgIpc) is 3.37. The van der Waals surface area contributed by atoms with Crippen LogP contribution in [0, 0.1) is 24.4 Å². The van der Waals surface area contributed by atoms with Gasteiger partial charge in [-0.2, -0.15) is 5.10 Å². The lowest BCUT2D eigenvalue weighted by molar-refractivity contribution is 0.255. The molecule has 1 saturated heterocycles. The van der Waals surface area contributed by atoms with Crippen LogP contribution in [0.3, 0.4) is 0 Å². The molecule has 2 N–H and O–H groups in total. The maximum absolute atomic E-state index is 14.4. The van der Waals surface area contributed by atoms with Crippen LogP contribution in [-0.2, 0) is 16.1 Å². The van der Waals surface area contributed by atoms with Gasteiger partial charge in [-0.1, -0.05) is 0 Å². The third-order valence-corrected chi connectivity index (χ3v) is 7.62. The first-order valence-electron chi connectivity index (χ1n) is 11.5. The van der Waals surface area contributed by atoms with Crippen molar-refractivity contribution >= 4 is 27.3 Å². The molecule has 184 valence electrons. The number of anilines is 2. The first-order valence-corrected chi connectivity index (χ1v) is 13.4. The normalized spacial score (nSPS) is 19.7. The topological polar surface area (TPSA) is 107 Å². The number of benzene rings is 1. The summed E-state index contributed by atoms with van der Waals surface area (Å²) in [5.74, 6) is 0.440. The van der Waals surface area contributed by atoms with Gasteiger partial charge in [0, 0.05) is 43.9 Å². The Labute approximate surface area is 203 Å². The van der Waals surface area contributed by atoms with Gasteiger partial charge in [-0.3, -0.25) is 9.80 Å². The number of urea groups is 1. The number of fused-ring (bicyclic) bond motifs is 1. The monoisotopic (exact) mass is 497 g/mol. The Kier molecular flexibility index (Phi) is 5.64. The predicted molar refractivity (Wildman–Crippen MR) is 132 cm³/mol. The van der Waals surface area contributed by atoms with Gasteiger partial charge in [-0.25, -0.2) is 27.8 Å². The van der Waals surface area contributed by atoms with Crippen molar-refractivity contribution in [1.29, 1.82) is 4.78 Å². The Morgan fingerprint density at radius 3 is 2.46 bits per heavy atom. The first kappa shape index (κ1) is 23.4. The van der Waals surface area contributed by atoms with Crippen molar-refractivity contribution in [3.63, 3.8) is 0 Å². The molecular weight excluding hydrogens is 469 g/mol. The predicted octanol–water partition coefficient (Wildman–Crippen LogP) is 3.71. The molecule has 1 aromatic carbocycles. The van der Waals surface area contributed by atoms with E-state index in [-0.39, 0.29) is 22.9 Å². The van der Waals surface area contributed by atoms with E-state index in [1.165, 1.54) is 18.5 Å². The van der Waals surface area contributed by atoms with Gasteiger partial charge in [0.2, 0.25) is 0 Å². The minimum atomic E-state index is -2.94. The van der Waals surface area contributed by atoms with Crippen LogP contribution in [0.25, 0.3) is 5.69 Å². The molecule has 9 nitrogen and oxygen atoms in total. The number of nitrogens with zero attached hydrogens (tertiary/aromatic N) is 5. The third kappa shape index (κ3) is 3.98. The Hall–Kier alpha value is -3.31. The summed E-state index contributed by atoms with van der Waals surface area (Å²) in [6, 6.07) is 6.50. The number of rotatable bonds is 4. The summed E-state index contributed by atoms with van der Waals surface area (Å²) in [5, 5.41) is 8.51. The van der Waals surface area contributed by atoms with Crippen LogP contribution in [0.2, 0.25) is 0 Å². The van der Waals surface area contributed by atoms with E-state index in [1.54, 1.807) is 46.5 Å². The molecule has 11 heteroatoms. The number of pyridine rings is 1. The van der Waals surface area contributed by atoms with E-state index in [0.717, 1.165) is 24.2 Å². The molecule has 5 rings (SSSR count). The standard InChI is InChI=1S/C24H28FN7O2S/c1-14-11-18(12-15(2)22(14)25)32-23(21-16(3)27-8-7-19(21)29-32)31-10-9-30(24(31)33)17-5-6-20(28-13-17)35(4,26)34/h5-6,11-13,16,26-27H,7-10H2,1-4H3/t16-,35?/m0/s1. The van der Waals surface area contributed by atoms with Crippen LogP contribution in [0.5, 0.6) is 0 Å². The lowest BCUT2D eigenvalue weighted by Gasteiger charge is -2.25. The summed E-state index contributed by atoms with van der Waals surface area (Å²) in [6.07, 6.45) is 3.54. The number of amides is 2. The lowest BCUT2D eigenvalue weighted by Crippen LogP contribution is -2.35. The smallest absolute Gasteiger partial charge is 0.310 e. The van der Waals surface area contributed by atoms with E-state index >= 15 is 0 Å². The largest absolute Gasteiger partial charge is 0.330 e. The molecule has 0 bridgehead atoms. The second kappa shape index (κ2) is 8.42. The Morgan fingerprint density at radius 1 is 1.14 bits per heavy atom. The Bertz CT molecular complexity index is 1410. The molecule has 0 spiro atoms. The molecule has 2 aliphatic heterocycles. The van der Waals surface area contributed by atoms with E-state index in [2.05, 4.69) is 17.2 Å². The number of aromatic nitrogens is 3. The van der Waals surface area contributed by atoms with E-state index in [0.29, 0.717) is 41.4 Å². The van der Waals surface area contributed by atoms with Gasteiger partial charge in [0.15, 0.2) is 0 Å². The quantitative estimate of drug-likeness (QED) is 0.571. The van der Waals surface area contributed by atoms with Crippen molar-refractivity contribution < 1.29 is 13.4 Å². The van der Waals surface area contributed by atoms with Gasteiger partial charge >= 0.3 is 6.03 Å². The fraction of sp³-hybridized carbons (Fsp3) is 0.375. The number of carbonyl (C=O) groups excluding carboxylic acids is 1. The summed E-state index contributed by atoms with van der Waals surface area (Å²) < 4.78 is 35.8. The van der Waals surface area contributed by atoms with Crippen molar-refractivity contribution in [1.82, 2.24) is 20.1 Å². The van der Waals surface area contributed by atoms with Gasteiger partial charge in [-0.15, -0.1) is 0 Å². The fourth-order valence-corrected chi connectivity index (χ4v) is 5.40. The van der Waals surface area contributed by atoms with Crippen LogP contribution in [-0.4, -0.2) is 50.9 Å². The zero-order chi connectivity index (χ0) is 25.1. The number of hydrogen-bond acceptors (Lipinski definition) is 6. The molecule has 3 aromatic rings. The molecule has 2 aromatic heterocycles. The summed E-state index contributed by atoms with van der Waals surface area (Å²) >= 11 is 0.